The minimum Gasteiger partial charge on any atom is -0.505 e. The van der Waals surface area contributed by atoms with E-state index in [1.54, 1.807) is 0 Å². The molecule has 4 saturated carbocycles. The molecule has 1 aliphatic heterocycles. The van der Waals surface area contributed by atoms with Gasteiger partial charge < -0.3 is 20.8 Å². The first-order valence-electron chi connectivity index (χ1n) is 16.7. The van der Waals surface area contributed by atoms with Gasteiger partial charge in [0.15, 0.2) is 40.4 Å². The van der Waals surface area contributed by atoms with Crippen LogP contribution in [0.3, 0.4) is 0 Å². The number of benzene rings is 1. The molecular formula is C34H41FN4O8. The number of likely N-dealkylation sites (N-methyl/N-ethyl adjacent to an activating group) is 1. The van der Waals surface area contributed by atoms with Gasteiger partial charge in [-0.05, 0) is 83.2 Å². The van der Waals surface area contributed by atoms with Gasteiger partial charge >= 0.3 is 0 Å². The molecule has 252 valence electrons. The first-order valence-corrected chi connectivity index (χ1v) is 16.7. The summed E-state index contributed by atoms with van der Waals surface area (Å²) >= 11 is 0. The summed E-state index contributed by atoms with van der Waals surface area (Å²) in [4.78, 5) is 86.2. The first-order chi connectivity index (χ1) is 22.2. The van der Waals surface area contributed by atoms with Gasteiger partial charge in [-0.1, -0.05) is 0 Å². The molecule has 1 aromatic carbocycles. The maximum absolute atomic E-state index is 16.0. The van der Waals surface area contributed by atoms with Crippen molar-refractivity contribution in [2.24, 2.45) is 41.2 Å². The van der Waals surface area contributed by atoms with Crippen LogP contribution in [0.1, 0.15) is 60.9 Å². The van der Waals surface area contributed by atoms with Gasteiger partial charge in [-0.3, -0.25) is 38.6 Å². The lowest BCUT2D eigenvalue weighted by Crippen LogP contribution is -2.74. The number of ketones is 4. The van der Waals surface area contributed by atoms with E-state index in [9.17, 15) is 39.0 Å². The van der Waals surface area contributed by atoms with E-state index in [2.05, 4.69) is 4.90 Å². The summed E-state index contributed by atoms with van der Waals surface area (Å²) in [6, 6.07) is -0.602. The van der Waals surface area contributed by atoms with E-state index in [4.69, 9.17) is 5.73 Å². The number of aromatic hydroxyl groups is 1. The summed E-state index contributed by atoms with van der Waals surface area (Å²) in [5.74, 6) is -12.2. The minimum absolute atomic E-state index is 0.120. The Balaban J connectivity index is 1.24. The first kappa shape index (κ1) is 32.0. The van der Waals surface area contributed by atoms with Crippen LogP contribution in [0.25, 0.3) is 0 Å². The summed E-state index contributed by atoms with van der Waals surface area (Å²) in [6.45, 7) is 1.84. The van der Waals surface area contributed by atoms with Crippen LogP contribution in [0.4, 0.5) is 10.1 Å². The maximum atomic E-state index is 16.0. The van der Waals surface area contributed by atoms with Crippen molar-refractivity contribution in [2.75, 3.05) is 38.6 Å². The molecule has 47 heavy (non-hydrogen) atoms. The number of amides is 2. The summed E-state index contributed by atoms with van der Waals surface area (Å²) < 4.78 is 16.0. The average Bonchev–Trinajstić information content (AvgIpc) is 3.94. The van der Waals surface area contributed by atoms with Crippen LogP contribution < -0.4 is 10.6 Å². The molecular weight excluding hydrogens is 611 g/mol. The van der Waals surface area contributed by atoms with Crippen LogP contribution in [-0.4, -0.2) is 106 Å². The normalized spacial score (nSPS) is 34.1. The van der Waals surface area contributed by atoms with Crippen LogP contribution in [-0.2, 0) is 30.4 Å². The fourth-order valence-corrected chi connectivity index (χ4v) is 8.85. The molecule has 2 amide bonds. The van der Waals surface area contributed by atoms with Crippen LogP contribution in [0.2, 0.25) is 0 Å². The monoisotopic (exact) mass is 652 g/mol. The number of phenolic OH excluding ortho intramolecular Hbond substituents is 1. The van der Waals surface area contributed by atoms with E-state index in [-0.39, 0.29) is 36.5 Å². The minimum atomic E-state index is -2.87. The molecule has 7 rings (SSSR count). The van der Waals surface area contributed by atoms with Gasteiger partial charge in [0.2, 0.25) is 11.8 Å². The van der Waals surface area contributed by atoms with Gasteiger partial charge in [0.1, 0.15) is 5.82 Å². The highest BCUT2D eigenvalue weighted by Crippen LogP contribution is 2.52. The Morgan fingerprint density at radius 1 is 1.04 bits per heavy atom. The van der Waals surface area contributed by atoms with Gasteiger partial charge in [-0.25, -0.2) is 4.39 Å². The molecule has 0 bridgehead atoms. The lowest BCUT2D eigenvalue weighted by atomic mass is 9.52. The molecule has 1 saturated heterocycles. The Labute approximate surface area is 271 Å². The van der Waals surface area contributed by atoms with E-state index in [0.717, 1.165) is 44.8 Å². The van der Waals surface area contributed by atoms with Gasteiger partial charge in [0.05, 0.1) is 29.3 Å². The topological polar surface area (TPSA) is 179 Å². The van der Waals surface area contributed by atoms with Gasteiger partial charge in [0.25, 0.3) is 0 Å². The number of Topliss-reactive ketones (excluding diaryl/α,β-unsaturated/α-hetero) is 4. The highest BCUT2D eigenvalue weighted by atomic mass is 19.1. The second-order valence-electron chi connectivity index (χ2n) is 14.9. The number of carbonyl (C=O) groups excluding carboxylic acids is 6. The van der Waals surface area contributed by atoms with Gasteiger partial charge in [-0.15, -0.1) is 0 Å². The number of nitrogens with two attached hydrogens (primary N) is 1. The predicted molar refractivity (Wildman–Crippen MR) is 164 cm³/mol. The van der Waals surface area contributed by atoms with Gasteiger partial charge in [0, 0.05) is 37.2 Å². The third-order valence-electron chi connectivity index (χ3n) is 11.5. The molecule has 12 nitrogen and oxygen atoms in total. The third-order valence-corrected chi connectivity index (χ3v) is 11.5. The lowest BCUT2D eigenvalue weighted by Gasteiger charge is -2.52. The Bertz CT molecular complexity index is 1590. The van der Waals surface area contributed by atoms with E-state index in [0.29, 0.717) is 24.7 Å². The average molecular weight is 653 g/mol. The highest BCUT2D eigenvalue weighted by molar-refractivity contribution is 6.32. The van der Waals surface area contributed by atoms with Crippen LogP contribution in [0, 0.1) is 41.3 Å². The largest absolute Gasteiger partial charge is 0.505 e. The predicted octanol–water partition coefficient (Wildman–Crippen LogP) is 0.624. The summed E-state index contributed by atoms with van der Waals surface area (Å²) in [6.07, 6.45) is 5.40. The van der Waals surface area contributed by atoms with Crippen molar-refractivity contribution in [1.82, 2.24) is 9.80 Å². The van der Waals surface area contributed by atoms with Crippen molar-refractivity contribution in [2.45, 2.75) is 69.1 Å². The van der Waals surface area contributed by atoms with Crippen molar-refractivity contribution in [3.05, 3.63) is 23.0 Å². The standard InChI is InChI=1S/C34H41FN4O8/c1-37(2)26-19-11-17-10-18-20(35)12-22(39-9-3-4-21(33(39)46)38(13-15-5-6-15)14-16-7-8-16)27(40)24(18)28(41)23(17)30(43)34(19,47)31(44)25(29(26)42)32(36)45/h12,15-17,19,21,23,25-26,40,47H,3-11,13-14H2,1-2H3,(H2,36,45)/t17-,19-,21-,23?,25?,26-,34-/m0/s1. The number of aliphatic hydroxyl groups is 1. The maximum Gasteiger partial charge on any atom is 0.244 e. The summed E-state index contributed by atoms with van der Waals surface area (Å²) in [7, 11) is 3.00. The van der Waals surface area contributed by atoms with E-state index < -0.39 is 87.5 Å². The zero-order chi connectivity index (χ0) is 33.7. The molecule has 1 heterocycles. The van der Waals surface area contributed by atoms with Crippen molar-refractivity contribution >= 4 is 40.6 Å². The van der Waals surface area contributed by atoms with E-state index in [1.165, 1.54) is 23.9 Å². The second-order valence-corrected chi connectivity index (χ2v) is 14.9. The number of hydrogen-bond donors (Lipinski definition) is 3. The zero-order valence-electron chi connectivity index (χ0n) is 26.6. The number of piperidine rings is 1. The number of primary amides is 1. The molecule has 13 heteroatoms. The number of halogens is 1. The molecule has 1 aromatic rings. The Kier molecular flexibility index (Phi) is 7.68. The van der Waals surface area contributed by atoms with Gasteiger partial charge in [-0.2, -0.15) is 0 Å². The van der Waals surface area contributed by atoms with Crippen molar-refractivity contribution in [3.8, 4) is 5.75 Å². The highest BCUT2D eigenvalue weighted by Gasteiger charge is 2.69. The van der Waals surface area contributed by atoms with Crippen LogP contribution in [0.15, 0.2) is 6.07 Å². The Morgan fingerprint density at radius 3 is 2.26 bits per heavy atom. The fourth-order valence-electron chi connectivity index (χ4n) is 8.85. The quantitative estimate of drug-likeness (QED) is 0.337. The number of anilines is 1. The molecule has 0 aromatic heterocycles. The number of phenols is 1. The van der Waals surface area contributed by atoms with Crippen molar-refractivity contribution in [3.63, 3.8) is 0 Å². The molecule has 4 N–H and O–H groups in total. The molecule has 7 atom stereocenters. The number of nitrogens with zero attached hydrogens (tertiary/aromatic N) is 3. The van der Waals surface area contributed by atoms with E-state index in [1.807, 2.05) is 0 Å². The fraction of sp³-hybridized carbons (Fsp3) is 0.647. The Hall–Kier alpha value is -3.55. The summed E-state index contributed by atoms with van der Waals surface area (Å²) in [5, 5.41) is 23.4. The molecule has 0 spiro atoms. The smallest absolute Gasteiger partial charge is 0.244 e. The van der Waals surface area contributed by atoms with Crippen LogP contribution in [0.5, 0.6) is 5.75 Å². The zero-order valence-corrected chi connectivity index (χ0v) is 26.6. The molecule has 2 unspecified atom stereocenters. The van der Waals surface area contributed by atoms with E-state index >= 15 is 4.39 Å². The molecule has 6 aliphatic rings. The van der Waals surface area contributed by atoms with Crippen molar-refractivity contribution < 1.29 is 43.4 Å². The lowest BCUT2D eigenvalue weighted by molar-refractivity contribution is -0.181. The molecule has 5 aliphatic carbocycles. The molecule has 0 radical (unpaired) electrons. The number of rotatable bonds is 8. The number of fused-ring (bicyclic) bond motifs is 3. The summed E-state index contributed by atoms with van der Waals surface area (Å²) in [5.41, 5.74) is 1.79. The van der Waals surface area contributed by atoms with Crippen molar-refractivity contribution in [1.29, 1.82) is 0 Å². The second kappa shape index (κ2) is 11.3. The number of carbonyl (C=O) groups is 6. The Morgan fingerprint density at radius 2 is 1.68 bits per heavy atom. The molecule has 5 fully saturated rings. The van der Waals surface area contributed by atoms with Crippen LogP contribution >= 0.6 is 0 Å². The third kappa shape index (κ3) is 4.95. The SMILES string of the molecule is CN(C)[C@@H]1C(=O)C(C(N)=O)C(=O)[C@@]2(O)C(=O)C3C(=O)c4c(O)c(N5CCC[C@H](N(CC6CC6)CC6CC6)C5=O)cc(F)c4C[C@H]3C[C@@H]12. The number of hydrogen-bond acceptors (Lipinski definition) is 10.